The first-order valence-corrected chi connectivity index (χ1v) is 13.1. The maximum absolute atomic E-state index is 15.4. The van der Waals surface area contributed by atoms with Gasteiger partial charge in [-0.1, -0.05) is 44.2 Å². The summed E-state index contributed by atoms with van der Waals surface area (Å²) in [5.41, 5.74) is 11.9. The summed E-state index contributed by atoms with van der Waals surface area (Å²) in [7, 11) is 0. The largest absolute Gasteiger partial charge is 0.478 e. The summed E-state index contributed by atoms with van der Waals surface area (Å²) in [5.74, 6) is -3.23. The molecule has 1 saturated heterocycles. The Labute approximate surface area is 206 Å². The van der Waals surface area contributed by atoms with Crippen LogP contribution >= 0.6 is 0 Å². The molecule has 7 nitrogen and oxygen atoms in total. The Balaban J connectivity index is 1.68. The minimum Gasteiger partial charge on any atom is -0.478 e. The SMILES string of the molecule is CC(N)C1CCC(C(=O)N2CC(c3cccc(C(=O)O)c3F)[C@@H](C3CCCCC3)[C@H]2C(N)=O)CC1. The number of rotatable bonds is 6. The molecule has 2 unspecified atom stereocenters. The second kappa shape index (κ2) is 10.6. The number of primary amides is 1. The van der Waals surface area contributed by atoms with Crippen LogP contribution in [0.2, 0.25) is 0 Å². The van der Waals surface area contributed by atoms with Crippen LogP contribution in [-0.2, 0) is 9.59 Å². The fourth-order valence-corrected chi connectivity index (χ4v) is 6.98. The van der Waals surface area contributed by atoms with Crippen LogP contribution in [0.3, 0.4) is 0 Å². The zero-order valence-electron chi connectivity index (χ0n) is 20.5. The highest BCUT2D eigenvalue weighted by atomic mass is 19.1. The van der Waals surface area contributed by atoms with Crippen molar-refractivity contribution >= 4 is 17.8 Å². The molecule has 35 heavy (non-hydrogen) atoms. The van der Waals surface area contributed by atoms with Gasteiger partial charge in [0.15, 0.2) is 0 Å². The van der Waals surface area contributed by atoms with E-state index in [0.29, 0.717) is 18.8 Å². The number of carbonyl (C=O) groups excluding carboxylic acids is 2. The number of benzene rings is 1. The van der Waals surface area contributed by atoms with E-state index in [2.05, 4.69) is 0 Å². The van der Waals surface area contributed by atoms with E-state index in [-0.39, 0.29) is 47.4 Å². The molecule has 8 heteroatoms. The Morgan fingerprint density at radius 2 is 1.71 bits per heavy atom. The second-order valence-electron chi connectivity index (χ2n) is 10.9. The molecule has 3 aliphatic rings. The molecule has 0 spiro atoms. The Bertz CT molecular complexity index is 954. The first-order chi connectivity index (χ1) is 16.7. The number of hydrogen-bond donors (Lipinski definition) is 3. The molecule has 0 aromatic heterocycles. The summed E-state index contributed by atoms with van der Waals surface area (Å²) in [4.78, 5) is 39.8. The van der Waals surface area contributed by atoms with E-state index in [4.69, 9.17) is 11.5 Å². The number of likely N-dealkylation sites (tertiary alicyclic amines) is 1. The molecule has 2 amide bonds. The van der Waals surface area contributed by atoms with Gasteiger partial charge in [0.25, 0.3) is 0 Å². The fraction of sp³-hybridized carbons (Fsp3) is 0.667. The molecule has 192 valence electrons. The molecular formula is C27H38FN3O4. The van der Waals surface area contributed by atoms with Crippen LogP contribution in [0.5, 0.6) is 0 Å². The third-order valence-electron chi connectivity index (χ3n) is 8.85. The molecule has 2 aliphatic carbocycles. The zero-order chi connectivity index (χ0) is 25.3. The third kappa shape index (κ3) is 5.08. The monoisotopic (exact) mass is 487 g/mol. The Morgan fingerprint density at radius 3 is 2.29 bits per heavy atom. The van der Waals surface area contributed by atoms with E-state index in [1.54, 1.807) is 17.0 Å². The molecular weight excluding hydrogens is 449 g/mol. The summed E-state index contributed by atoms with van der Waals surface area (Å²) in [6.07, 6.45) is 8.12. The van der Waals surface area contributed by atoms with Crippen LogP contribution in [0.1, 0.15) is 86.6 Å². The van der Waals surface area contributed by atoms with E-state index < -0.39 is 29.7 Å². The van der Waals surface area contributed by atoms with Crippen molar-refractivity contribution in [1.82, 2.24) is 4.90 Å². The molecule has 5 N–H and O–H groups in total. The Morgan fingerprint density at radius 1 is 1.06 bits per heavy atom. The molecule has 0 radical (unpaired) electrons. The summed E-state index contributed by atoms with van der Waals surface area (Å²) in [6, 6.07) is 3.66. The van der Waals surface area contributed by atoms with Crippen molar-refractivity contribution in [1.29, 1.82) is 0 Å². The zero-order valence-corrected chi connectivity index (χ0v) is 20.5. The van der Waals surface area contributed by atoms with Gasteiger partial charge in [0, 0.05) is 24.4 Å². The highest BCUT2D eigenvalue weighted by Gasteiger charge is 2.52. The quantitative estimate of drug-likeness (QED) is 0.564. The van der Waals surface area contributed by atoms with Gasteiger partial charge in [-0.15, -0.1) is 0 Å². The molecule has 1 aromatic rings. The van der Waals surface area contributed by atoms with Crippen molar-refractivity contribution < 1.29 is 23.9 Å². The smallest absolute Gasteiger partial charge is 0.338 e. The molecule has 1 heterocycles. The van der Waals surface area contributed by atoms with Crippen molar-refractivity contribution in [3.63, 3.8) is 0 Å². The van der Waals surface area contributed by atoms with E-state index in [1.807, 2.05) is 6.92 Å². The van der Waals surface area contributed by atoms with Crippen molar-refractivity contribution in [2.45, 2.75) is 82.7 Å². The summed E-state index contributed by atoms with van der Waals surface area (Å²) < 4.78 is 15.4. The maximum atomic E-state index is 15.4. The predicted molar refractivity (Wildman–Crippen MR) is 130 cm³/mol. The number of carboxylic acids is 1. The number of aromatic carboxylic acids is 1. The first kappa shape index (κ1) is 25.6. The Hall–Kier alpha value is -2.48. The van der Waals surface area contributed by atoms with Crippen molar-refractivity contribution in [2.75, 3.05) is 6.54 Å². The van der Waals surface area contributed by atoms with Crippen LogP contribution < -0.4 is 11.5 Å². The molecule has 2 saturated carbocycles. The lowest BCUT2D eigenvalue weighted by Crippen LogP contribution is -2.50. The number of carboxylic acid groups (broad SMARTS) is 1. The average molecular weight is 488 g/mol. The van der Waals surface area contributed by atoms with Crippen molar-refractivity contribution in [2.24, 2.45) is 35.1 Å². The lowest BCUT2D eigenvalue weighted by Gasteiger charge is -2.36. The van der Waals surface area contributed by atoms with Crippen LogP contribution in [-0.4, -0.2) is 46.4 Å². The number of amides is 2. The lowest BCUT2D eigenvalue weighted by molar-refractivity contribution is -0.143. The van der Waals surface area contributed by atoms with Gasteiger partial charge in [0.2, 0.25) is 11.8 Å². The van der Waals surface area contributed by atoms with E-state index in [1.165, 1.54) is 6.07 Å². The number of halogens is 1. The van der Waals surface area contributed by atoms with Crippen molar-refractivity contribution in [3.05, 3.63) is 35.1 Å². The summed E-state index contributed by atoms with van der Waals surface area (Å²) in [5, 5.41) is 9.47. The maximum Gasteiger partial charge on any atom is 0.338 e. The highest BCUT2D eigenvalue weighted by Crippen LogP contribution is 2.48. The molecule has 4 rings (SSSR count). The van der Waals surface area contributed by atoms with Gasteiger partial charge in [0.1, 0.15) is 11.9 Å². The van der Waals surface area contributed by atoms with Gasteiger partial charge in [-0.25, -0.2) is 9.18 Å². The second-order valence-corrected chi connectivity index (χ2v) is 10.9. The van der Waals surface area contributed by atoms with Gasteiger partial charge in [-0.3, -0.25) is 9.59 Å². The third-order valence-corrected chi connectivity index (χ3v) is 8.85. The fourth-order valence-electron chi connectivity index (χ4n) is 6.98. The number of carbonyl (C=O) groups is 3. The minimum atomic E-state index is -1.33. The summed E-state index contributed by atoms with van der Waals surface area (Å²) in [6.45, 7) is 2.18. The van der Waals surface area contributed by atoms with E-state index in [0.717, 1.165) is 44.9 Å². The molecule has 1 aliphatic heterocycles. The molecule has 0 bridgehead atoms. The van der Waals surface area contributed by atoms with Gasteiger partial charge in [-0.2, -0.15) is 0 Å². The van der Waals surface area contributed by atoms with Gasteiger partial charge >= 0.3 is 5.97 Å². The van der Waals surface area contributed by atoms with Gasteiger partial charge < -0.3 is 21.5 Å². The van der Waals surface area contributed by atoms with Gasteiger partial charge in [-0.05, 0) is 62.0 Å². The lowest BCUT2D eigenvalue weighted by atomic mass is 9.70. The van der Waals surface area contributed by atoms with Crippen LogP contribution in [0, 0.1) is 29.5 Å². The van der Waals surface area contributed by atoms with Crippen molar-refractivity contribution in [3.8, 4) is 0 Å². The van der Waals surface area contributed by atoms with E-state index >= 15 is 4.39 Å². The normalized spacial score (nSPS) is 30.7. The highest BCUT2D eigenvalue weighted by molar-refractivity contribution is 5.90. The van der Waals surface area contributed by atoms with Crippen LogP contribution in [0.15, 0.2) is 18.2 Å². The Kier molecular flexibility index (Phi) is 7.79. The molecule has 4 atom stereocenters. The first-order valence-electron chi connectivity index (χ1n) is 13.1. The number of nitrogens with zero attached hydrogens (tertiary/aromatic N) is 1. The number of hydrogen-bond acceptors (Lipinski definition) is 4. The van der Waals surface area contributed by atoms with Crippen LogP contribution in [0.4, 0.5) is 4.39 Å². The van der Waals surface area contributed by atoms with Crippen LogP contribution in [0.25, 0.3) is 0 Å². The minimum absolute atomic E-state index is 0.0840. The predicted octanol–water partition coefficient (Wildman–Crippen LogP) is 3.65. The topological polar surface area (TPSA) is 127 Å². The standard InChI is InChI=1S/C27H38FN3O4/c1-15(29)16-10-12-18(13-11-16)26(33)31-14-21(19-8-5-9-20(23(19)28)27(34)35)22(24(31)25(30)32)17-6-3-2-4-7-17/h5,8-9,15-18,21-22,24H,2-4,6-7,10-14,29H2,1H3,(H2,30,32)(H,34,35)/t15?,16?,18?,21?,22-,24+/m1/s1. The molecule has 1 aromatic carbocycles. The molecule has 3 fully saturated rings. The summed E-state index contributed by atoms with van der Waals surface area (Å²) >= 11 is 0. The van der Waals surface area contributed by atoms with Gasteiger partial charge in [0.05, 0.1) is 5.56 Å². The number of nitrogens with two attached hydrogens (primary N) is 2. The average Bonchev–Trinajstić information content (AvgIpc) is 3.25. The van der Waals surface area contributed by atoms with E-state index in [9.17, 15) is 19.5 Å².